The Labute approximate surface area is 97.7 Å². The third-order valence-corrected chi connectivity index (χ3v) is 3.16. The van der Waals surface area contributed by atoms with Crippen LogP contribution in [0.3, 0.4) is 0 Å². The molecule has 1 aliphatic rings. The van der Waals surface area contributed by atoms with Gasteiger partial charge < -0.3 is 9.73 Å². The molecule has 88 valence electrons. The van der Waals surface area contributed by atoms with E-state index in [4.69, 9.17) is 4.42 Å². The SMILES string of the molecule is CCNCC(C)=Cc1ccc(C2CC2C)o1. The Morgan fingerprint density at radius 2 is 2.31 bits per heavy atom. The highest BCUT2D eigenvalue weighted by atomic mass is 16.3. The van der Waals surface area contributed by atoms with Crippen molar-refractivity contribution in [1.29, 1.82) is 0 Å². The zero-order chi connectivity index (χ0) is 11.5. The van der Waals surface area contributed by atoms with Gasteiger partial charge in [-0.3, -0.25) is 0 Å². The molecule has 1 saturated carbocycles. The summed E-state index contributed by atoms with van der Waals surface area (Å²) in [5, 5.41) is 3.31. The molecule has 2 unspecified atom stereocenters. The molecule has 16 heavy (non-hydrogen) atoms. The van der Waals surface area contributed by atoms with Crippen LogP contribution < -0.4 is 5.32 Å². The number of furan rings is 1. The maximum atomic E-state index is 5.82. The largest absolute Gasteiger partial charge is 0.461 e. The van der Waals surface area contributed by atoms with Gasteiger partial charge in [0.15, 0.2) is 0 Å². The average Bonchev–Trinajstić information content (AvgIpc) is 2.80. The van der Waals surface area contributed by atoms with E-state index in [0.717, 1.165) is 30.5 Å². The van der Waals surface area contributed by atoms with Crippen LogP contribution in [0.1, 0.15) is 44.6 Å². The number of rotatable bonds is 5. The Morgan fingerprint density at radius 3 is 2.94 bits per heavy atom. The van der Waals surface area contributed by atoms with Crippen LogP contribution in [0.2, 0.25) is 0 Å². The summed E-state index contributed by atoms with van der Waals surface area (Å²) in [6.07, 6.45) is 3.41. The van der Waals surface area contributed by atoms with Gasteiger partial charge in [-0.25, -0.2) is 0 Å². The first-order chi connectivity index (χ1) is 7.70. The van der Waals surface area contributed by atoms with Crippen molar-refractivity contribution in [2.24, 2.45) is 5.92 Å². The molecule has 1 fully saturated rings. The summed E-state index contributed by atoms with van der Waals surface area (Å²) in [4.78, 5) is 0. The molecule has 0 aromatic carbocycles. The summed E-state index contributed by atoms with van der Waals surface area (Å²) in [6, 6.07) is 4.20. The third kappa shape index (κ3) is 2.76. The van der Waals surface area contributed by atoms with Gasteiger partial charge in [-0.05, 0) is 44.0 Å². The molecule has 0 saturated heterocycles. The predicted molar refractivity (Wildman–Crippen MR) is 67.4 cm³/mol. The Kier molecular flexibility index (Phi) is 3.49. The molecule has 1 aromatic heterocycles. The van der Waals surface area contributed by atoms with Crippen molar-refractivity contribution in [3.63, 3.8) is 0 Å². The quantitative estimate of drug-likeness (QED) is 0.821. The number of hydrogen-bond acceptors (Lipinski definition) is 2. The lowest BCUT2D eigenvalue weighted by molar-refractivity contribution is 0.497. The highest BCUT2D eigenvalue weighted by Gasteiger charge is 2.36. The first-order valence-electron chi connectivity index (χ1n) is 6.18. The van der Waals surface area contributed by atoms with Crippen LogP contribution in [0, 0.1) is 5.92 Å². The van der Waals surface area contributed by atoms with Crippen LogP contribution in [0.5, 0.6) is 0 Å². The summed E-state index contributed by atoms with van der Waals surface area (Å²) in [5.41, 5.74) is 1.31. The van der Waals surface area contributed by atoms with Gasteiger partial charge in [0.25, 0.3) is 0 Å². The van der Waals surface area contributed by atoms with Gasteiger partial charge in [-0.1, -0.05) is 19.4 Å². The van der Waals surface area contributed by atoms with Crippen molar-refractivity contribution in [2.75, 3.05) is 13.1 Å². The second-order valence-electron chi connectivity index (χ2n) is 4.83. The minimum Gasteiger partial charge on any atom is -0.461 e. The first kappa shape index (κ1) is 11.5. The average molecular weight is 219 g/mol. The Bertz CT molecular complexity index is 378. The molecule has 1 N–H and O–H groups in total. The van der Waals surface area contributed by atoms with Crippen LogP contribution in [0.25, 0.3) is 6.08 Å². The molecule has 2 nitrogen and oxygen atoms in total. The summed E-state index contributed by atoms with van der Waals surface area (Å²) >= 11 is 0. The van der Waals surface area contributed by atoms with Crippen LogP contribution in [0.4, 0.5) is 0 Å². The van der Waals surface area contributed by atoms with E-state index < -0.39 is 0 Å². The van der Waals surface area contributed by atoms with Crippen molar-refractivity contribution >= 4 is 6.08 Å². The third-order valence-electron chi connectivity index (χ3n) is 3.16. The molecule has 0 bridgehead atoms. The number of nitrogens with one attached hydrogen (secondary N) is 1. The monoisotopic (exact) mass is 219 g/mol. The minimum absolute atomic E-state index is 0.677. The van der Waals surface area contributed by atoms with Crippen molar-refractivity contribution in [2.45, 2.75) is 33.1 Å². The van der Waals surface area contributed by atoms with Gasteiger partial charge in [0, 0.05) is 12.5 Å². The summed E-state index contributed by atoms with van der Waals surface area (Å²) < 4.78 is 5.82. The van der Waals surface area contributed by atoms with E-state index in [9.17, 15) is 0 Å². The van der Waals surface area contributed by atoms with Gasteiger partial charge in [0.05, 0.1) is 0 Å². The second-order valence-corrected chi connectivity index (χ2v) is 4.83. The zero-order valence-corrected chi connectivity index (χ0v) is 10.4. The molecule has 0 aliphatic heterocycles. The van der Waals surface area contributed by atoms with Crippen molar-refractivity contribution in [3.05, 3.63) is 29.2 Å². The molecule has 2 atom stereocenters. The maximum Gasteiger partial charge on any atom is 0.127 e. The lowest BCUT2D eigenvalue weighted by Gasteiger charge is -2.00. The molecular formula is C14H21NO. The molecule has 1 aromatic rings. The molecule has 2 rings (SSSR count). The van der Waals surface area contributed by atoms with E-state index >= 15 is 0 Å². The van der Waals surface area contributed by atoms with Gasteiger partial charge >= 0.3 is 0 Å². The molecule has 0 amide bonds. The highest BCUT2D eigenvalue weighted by Crippen LogP contribution is 2.47. The molecule has 1 aliphatic carbocycles. The fourth-order valence-electron chi connectivity index (χ4n) is 1.98. The molecule has 2 heteroatoms. The number of likely N-dealkylation sites (N-methyl/N-ethyl adjacent to an activating group) is 1. The molecular weight excluding hydrogens is 198 g/mol. The van der Waals surface area contributed by atoms with E-state index in [2.05, 4.69) is 44.3 Å². The topological polar surface area (TPSA) is 25.2 Å². The fourth-order valence-corrected chi connectivity index (χ4v) is 1.98. The van der Waals surface area contributed by atoms with Gasteiger partial charge in [0.1, 0.15) is 11.5 Å². The van der Waals surface area contributed by atoms with E-state index in [1.54, 1.807) is 0 Å². The smallest absolute Gasteiger partial charge is 0.127 e. The van der Waals surface area contributed by atoms with Crippen LogP contribution in [-0.2, 0) is 0 Å². The standard InChI is InChI=1S/C14H21NO/c1-4-15-9-10(2)7-12-5-6-14(16-12)13-8-11(13)3/h5-7,11,13,15H,4,8-9H2,1-3H3. The van der Waals surface area contributed by atoms with Gasteiger partial charge in [-0.15, -0.1) is 0 Å². The zero-order valence-electron chi connectivity index (χ0n) is 10.4. The number of hydrogen-bond donors (Lipinski definition) is 1. The highest BCUT2D eigenvalue weighted by molar-refractivity contribution is 5.47. The van der Waals surface area contributed by atoms with Gasteiger partial charge in [-0.2, -0.15) is 0 Å². The van der Waals surface area contributed by atoms with E-state index in [-0.39, 0.29) is 0 Å². The van der Waals surface area contributed by atoms with Crippen LogP contribution in [-0.4, -0.2) is 13.1 Å². The van der Waals surface area contributed by atoms with Crippen molar-refractivity contribution in [3.8, 4) is 0 Å². The van der Waals surface area contributed by atoms with Gasteiger partial charge in [0.2, 0.25) is 0 Å². The lowest BCUT2D eigenvalue weighted by atomic mass is 10.2. The minimum atomic E-state index is 0.677. The second kappa shape index (κ2) is 4.88. The molecule has 1 heterocycles. The van der Waals surface area contributed by atoms with Crippen LogP contribution in [0.15, 0.2) is 22.1 Å². The maximum absolute atomic E-state index is 5.82. The Balaban J connectivity index is 1.96. The van der Waals surface area contributed by atoms with E-state index in [0.29, 0.717) is 5.92 Å². The van der Waals surface area contributed by atoms with E-state index in [1.165, 1.54) is 12.0 Å². The first-order valence-corrected chi connectivity index (χ1v) is 6.18. The fraction of sp³-hybridized carbons (Fsp3) is 0.571. The normalized spacial score (nSPS) is 24.8. The van der Waals surface area contributed by atoms with Crippen molar-refractivity contribution in [1.82, 2.24) is 5.32 Å². The summed E-state index contributed by atoms with van der Waals surface area (Å²) in [6.45, 7) is 8.47. The molecule has 0 spiro atoms. The lowest BCUT2D eigenvalue weighted by Crippen LogP contribution is -2.14. The predicted octanol–water partition coefficient (Wildman–Crippen LogP) is 3.42. The van der Waals surface area contributed by atoms with Crippen LogP contribution >= 0.6 is 0 Å². The Hall–Kier alpha value is -1.02. The summed E-state index contributed by atoms with van der Waals surface area (Å²) in [5.74, 6) is 3.64. The summed E-state index contributed by atoms with van der Waals surface area (Å²) in [7, 11) is 0. The van der Waals surface area contributed by atoms with E-state index in [1.807, 2.05) is 0 Å². The van der Waals surface area contributed by atoms with Crippen molar-refractivity contribution < 1.29 is 4.42 Å². The molecule has 0 radical (unpaired) electrons. The Morgan fingerprint density at radius 1 is 1.56 bits per heavy atom.